The molecule has 20 heavy (non-hydrogen) atoms. The molecule has 2 N–H and O–H groups in total. The average Bonchev–Trinajstić information content (AvgIpc) is 2.46. The normalized spacial score (nSPS) is 12.1. The van der Waals surface area contributed by atoms with E-state index in [1.165, 1.54) is 11.1 Å². The molecule has 0 fully saturated rings. The maximum absolute atomic E-state index is 9.66. The van der Waals surface area contributed by atoms with Gasteiger partial charge in [0.2, 0.25) is 0 Å². The highest BCUT2D eigenvalue weighted by atomic mass is 16.3. The minimum absolute atomic E-state index is 0.277. The fourth-order valence-electron chi connectivity index (χ4n) is 2.54. The predicted octanol–water partition coefficient (Wildman–Crippen LogP) is 4.83. The van der Waals surface area contributed by atoms with Crippen molar-refractivity contribution in [2.24, 2.45) is 0 Å². The molecule has 0 heterocycles. The first-order valence-electron chi connectivity index (χ1n) is 6.96. The lowest BCUT2D eigenvalue weighted by molar-refractivity contribution is 0.474. The van der Waals surface area contributed by atoms with Gasteiger partial charge in [-0.1, -0.05) is 38.1 Å². The summed E-state index contributed by atoms with van der Waals surface area (Å²) in [5.74, 6) is 0.564. The molecule has 0 bridgehead atoms. The summed E-state index contributed by atoms with van der Waals surface area (Å²) in [6, 6.07) is 14.7. The van der Waals surface area contributed by atoms with Crippen molar-refractivity contribution in [3.05, 3.63) is 59.7 Å². The minimum Gasteiger partial charge on any atom is -0.508 e. The number of allylic oxidation sites excluding steroid dienone is 2. The van der Waals surface area contributed by atoms with Gasteiger partial charge < -0.3 is 10.2 Å². The van der Waals surface area contributed by atoms with Gasteiger partial charge in [-0.3, -0.25) is 0 Å². The zero-order valence-corrected chi connectivity index (χ0v) is 11.9. The van der Waals surface area contributed by atoms with Crippen LogP contribution in [-0.2, 0) is 0 Å². The number of rotatable bonds is 4. The number of aromatic hydroxyl groups is 2. The second-order valence-electron chi connectivity index (χ2n) is 4.76. The van der Waals surface area contributed by atoms with Gasteiger partial charge in [-0.15, -0.1) is 0 Å². The summed E-state index contributed by atoms with van der Waals surface area (Å²) in [4.78, 5) is 0. The van der Waals surface area contributed by atoms with Crippen LogP contribution in [0.15, 0.2) is 48.5 Å². The first-order valence-corrected chi connectivity index (χ1v) is 6.96. The SMILES string of the molecule is CC/C(=C(/CC)c1cccc(O)c1)c1ccc(O)cc1. The molecule has 0 radical (unpaired) electrons. The second kappa shape index (κ2) is 6.29. The summed E-state index contributed by atoms with van der Waals surface area (Å²) in [7, 11) is 0. The van der Waals surface area contributed by atoms with Gasteiger partial charge in [-0.25, -0.2) is 0 Å². The molecule has 0 aliphatic rings. The van der Waals surface area contributed by atoms with Crippen LogP contribution in [0.3, 0.4) is 0 Å². The Morgan fingerprint density at radius 1 is 0.750 bits per heavy atom. The van der Waals surface area contributed by atoms with Crippen LogP contribution >= 0.6 is 0 Å². The van der Waals surface area contributed by atoms with Gasteiger partial charge in [-0.05, 0) is 59.4 Å². The van der Waals surface area contributed by atoms with E-state index in [9.17, 15) is 10.2 Å². The van der Waals surface area contributed by atoms with E-state index in [1.807, 2.05) is 24.3 Å². The molecule has 2 aromatic carbocycles. The first kappa shape index (κ1) is 14.2. The van der Waals surface area contributed by atoms with Crippen molar-refractivity contribution in [2.45, 2.75) is 26.7 Å². The quantitative estimate of drug-likeness (QED) is 0.780. The molecule has 0 aliphatic heterocycles. The van der Waals surface area contributed by atoms with Crippen LogP contribution in [0.25, 0.3) is 11.1 Å². The van der Waals surface area contributed by atoms with Crippen LogP contribution in [0.2, 0.25) is 0 Å². The van der Waals surface area contributed by atoms with Gasteiger partial charge in [0.1, 0.15) is 11.5 Å². The molecule has 0 atom stereocenters. The van der Waals surface area contributed by atoms with Crippen molar-refractivity contribution in [3.8, 4) is 11.5 Å². The minimum atomic E-state index is 0.277. The monoisotopic (exact) mass is 268 g/mol. The molecule has 0 unspecified atom stereocenters. The summed E-state index contributed by atoms with van der Waals surface area (Å²) in [6.45, 7) is 4.25. The van der Waals surface area contributed by atoms with Crippen molar-refractivity contribution in [1.29, 1.82) is 0 Å². The summed E-state index contributed by atoms with van der Waals surface area (Å²) in [6.07, 6.45) is 1.80. The Hall–Kier alpha value is -2.22. The molecule has 2 heteroatoms. The Morgan fingerprint density at radius 3 is 1.90 bits per heavy atom. The average molecular weight is 268 g/mol. The van der Waals surface area contributed by atoms with Crippen LogP contribution < -0.4 is 0 Å². The Morgan fingerprint density at radius 2 is 1.35 bits per heavy atom. The highest BCUT2D eigenvalue weighted by molar-refractivity contribution is 5.91. The van der Waals surface area contributed by atoms with Crippen LogP contribution in [-0.4, -0.2) is 10.2 Å². The smallest absolute Gasteiger partial charge is 0.116 e. The highest BCUT2D eigenvalue weighted by Gasteiger charge is 2.09. The molecule has 0 aliphatic carbocycles. The molecule has 2 nitrogen and oxygen atoms in total. The van der Waals surface area contributed by atoms with Crippen LogP contribution in [0, 0.1) is 0 Å². The molecular weight excluding hydrogens is 248 g/mol. The lowest BCUT2D eigenvalue weighted by Crippen LogP contribution is -1.91. The number of benzene rings is 2. The number of phenols is 2. The van der Waals surface area contributed by atoms with E-state index < -0.39 is 0 Å². The van der Waals surface area contributed by atoms with Crippen LogP contribution in [0.4, 0.5) is 0 Å². The van der Waals surface area contributed by atoms with Crippen molar-refractivity contribution in [1.82, 2.24) is 0 Å². The van der Waals surface area contributed by atoms with E-state index in [2.05, 4.69) is 13.8 Å². The van der Waals surface area contributed by atoms with Crippen LogP contribution in [0.5, 0.6) is 11.5 Å². The maximum Gasteiger partial charge on any atom is 0.116 e. The first-order chi connectivity index (χ1) is 9.65. The summed E-state index contributed by atoms with van der Waals surface area (Å²) < 4.78 is 0. The number of phenolic OH excluding ortho intramolecular Hbond substituents is 2. The molecule has 0 aromatic heterocycles. The van der Waals surface area contributed by atoms with Gasteiger partial charge in [0, 0.05) is 0 Å². The van der Waals surface area contributed by atoms with Gasteiger partial charge in [-0.2, -0.15) is 0 Å². The second-order valence-corrected chi connectivity index (χ2v) is 4.76. The van der Waals surface area contributed by atoms with Crippen molar-refractivity contribution in [3.63, 3.8) is 0 Å². The third-order valence-corrected chi connectivity index (χ3v) is 3.48. The van der Waals surface area contributed by atoms with Crippen molar-refractivity contribution in [2.75, 3.05) is 0 Å². The van der Waals surface area contributed by atoms with Gasteiger partial charge in [0.15, 0.2) is 0 Å². The zero-order valence-electron chi connectivity index (χ0n) is 11.9. The molecule has 0 spiro atoms. The van der Waals surface area contributed by atoms with Crippen molar-refractivity contribution >= 4 is 11.1 Å². The lowest BCUT2D eigenvalue weighted by Gasteiger charge is -2.14. The van der Waals surface area contributed by atoms with Gasteiger partial charge in [0.25, 0.3) is 0 Å². The van der Waals surface area contributed by atoms with E-state index >= 15 is 0 Å². The summed E-state index contributed by atoms with van der Waals surface area (Å²) in [5, 5.41) is 19.1. The highest BCUT2D eigenvalue weighted by Crippen LogP contribution is 2.33. The molecular formula is C18H20O2. The van der Waals surface area contributed by atoms with Gasteiger partial charge >= 0.3 is 0 Å². The topological polar surface area (TPSA) is 40.5 Å². The maximum atomic E-state index is 9.66. The fraction of sp³-hybridized carbons (Fsp3) is 0.222. The number of hydrogen-bond donors (Lipinski definition) is 2. The van der Waals surface area contributed by atoms with E-state index in [-0.39, 0.29) is 11.5 Å². The summed E-state index contributed by atoms with van der Waals surface area (Å²) >= 11 is 0. The fourth-order valence-corrected chi connectivity index (χ4v) is 2.54. The standard InChI is InChI=1S/C18H20O2/c1-3-17(13-8-10-15(19)11-9-13)18(4-2)14-6-5-7-16(20)12-14/h5-12,19-20H,3-4H2,1-2H3/b18-17+. The van der Waals surface area contributed by atoms with Crippen molar-refractivity contribution < 1.29 is 10.2 Å². The predicted molar refractivity (Wildman–Crippen MR) is 83.6 cm³/mol. The molecule has 104 valence electrons. The van der Waals surface area contributed by atoms with Crippen LogP contribution in [0.1, 0.15) is 37.8 Å². The third-order valence-electron chi connectivity index (χ3n) is 3.48. The summed E-state index contributed by atoms with van der Waals surface area (Å²) in [5.41, 5.74) is 4.65. The van der Waals surface area contributed by atoms with Gasteiger partial charge in [0.05, 0.1) is 0 Å². The largest absolute Gasteiger partial charge is 0.508 e. The molecule has 0 saturated carbocycles. The number of hydrogen-bond acceptors (Lipinski definition) is 2. The molecule has 2 aromatic rings. The molecule has 0 saturated heterocycles. The zero-order chi connectivity index (χ0) is 14.5. The van der Waals surface area contributed by atoms with E-state index in [1.54, 1.807) is 24.3 Å². The molecule has 2 rings (SSSR count). The Kier molecular flexibility index (Phi) is 4.46. The van der Waals surface area contributed by atoms with E-state index in [4.69, 9.17) is 0 Å². The third kappa shape index (κ3) is 3.02. The molecule has 0 amide bonds. The van der Waals surface area contributed by atoms with E-state index in [0.717, 1.165) is 24.0 Å². The van der Waals surface area contributed by atoms with E-state index in [0.29, 0.717) is 0 Å². The Bertz CT molecular complexity index is 610. The Balaban J connectivity index is 2.55. The lowest BCUT2D eigenvalue weighted by atomic mass is 9.91. The Labute approximate surface area is 120 Å².